The lowest BCUT2D eigenvalue weighted by atomic mass is 10.1. The second-order valence-corrected chi connectivity index (χ2v) is 4.38. The van der Waals surface area contributed by atoms with Gasteiger partial charge in [-0.25, -0.2) is 0 Å². The lowest BCUT2D eigenvalue weighted by Gasteiger charge is -2.19. The van der Waals surface area contributed by atoms with Crippen LogP contribution in [0.4, 0.5) is 17.6 Å². The van der Waals surface area contributed by atoms with Gasteiger partial charge in [0.1, 0.15) is 11.6 Å². The van der Waals surface area contributed by atoms with E-state index in [9.17, 15) is 0 Å². The Morgan fingerprint density at radius 3 is 2.63 bits per heavy atom. The van der Waals surface area contributed by atoms with E-state index in [1.807, 2.05) is 26.2 Å². The fraction of sp³-hybridized carbons (Fsp3) is 0.286. The predicted octanol–water partition coefficient (Wildman–Crippen LogP) is 1.78. The molecule has 5 nitrogen and oxygen atoms in total. The van der Waals surface area contributed by atoms with E-state index in [4.69, 9.17) is 5.73 Å². The first-order valence-electron chi connectivity index (χ1n) is 6.26. The molecule has 0 aliphatic carbocycles. The molecule has 0 saturated carbocycles. The summed E-state index contributed by atoms with van der Waals surface area (Å²) in [4.78, 5) is 10.4. The van der Waals surface area contributed by atoms with E-state index in [2.05, 4.69) is 44.5 Å². The monoisotopic (exact) mass is 257 g/mol. The van der Waals surface area contributed by atoms with Gasteiger partial charge in [0, 0.05) is 26.7 Å². The molecule has 0 saturated heterocycles. The van der Waals surface area contributed by atoms with E-state index in [0.717, 1.165) is 24.6 Å². The van der Waals surface area contributed by atoms with Gasteiger partial charge in [0.15, 0.2) is 0 Å². The number of likely N-dealkylation sites (N-methyl/N-ethyl adjacent to an activating group) is 1. The third kappa shape index (κ3) is 3.58. The third-order valence-corrected chi connectivity index (χ3v) is 2.96. The number of hydrogen-bond donors (Lipinski definition) is 2. The molecule has 1 aromatic heterocycles. The number of nitrogen functional groups attached to an aromatic ring is 1. The Hall–Kier alpha value is -2.30. The normalized spacial score (nSPS) is 10.2. The van der Waals surface area contributed by atoms with Crippen LogP contribution in [0.1, 0.15) is 5.56 Å². The standard InChI is InChI=1S/C14H19N5/c1-16-12-10-13(18-14(15)17-12)19(2)9-8-11-6-4-3-5-7-11/h3-7,10H,8-9H2,1-2H3,(H3,15,16,17,18). The second-order valence-electron chi connectivity index (χ2n) is 4.38. The van der Waals surface area contributed by atoms with Crippen molar-refractivity contribution in [3.63, 3.8) is 0 Å². The minimum absolute atomic E-state index is 0.286. The van der Waals surface area contributed by atoms with Crippen LogP contribution in [-0.4, -0.2) is 30.6 Å². The highest BCUT2D eigenvalue weighted by Crippen LogP contribution is 2.15. The van der Waals surface area contributed by atoms with Gasteiger partial charge in [-0.05, 0) is 12.0 Å². The van der Waals surface area contributed by atoms with Crippen LogP contribution in [0.5, 0.6) is 0 Å². The molecule has 5 heteroatoms. The van der Waals surface area contributed by atoms with E-state index in [1.54, 1.807) is 0 Å². The molecule has 3 N–H and O–H groups in total. The summed E-state index contributed by atoms with van der Waals surface area (Å²) < 4.78 is 0. The number of nitrogens with one attached hydrogen (secondary N) is 1. The molecular formula is C14H19N5. The van der Waals surface area contributed by atoms with Crippen molar-refractivity contribution in [2.75, 3.05) is 36.6 Å². The summed E-state index contributed by atoms with van der Waals surface area (Å²) in [5.41, 5.74) is 7.00. The van der Waals surface area contributed by atoms with E-state index < -0.39 is 0 Å². The molecule has 100 valence electrons. The highest BCUT2D eigenvalue weighted by molar-refractivity contribution is 5.51. The topological polar surface area (TPSA) is 67.1 Å². The summed E-state index contributed by atoms with van der Waals surface area (Å²) in [7, 11) is 3.82. The molecule has 0 atom stereocenters. The fourth-order valence-corrected chi connectivity index (χ4v) is 1.83. The van der Waals surface area contributed by atoms with Gasteiger partial charge >= 0.3 is 0 Å². The van der Waals surface area contributed by atoms with Crippen molar-refractivity contribution in [1.29, 1.82) is 0 Å². The van der Waals surface area contributed by atoms with Crippen LogP contribution in [0, 0.1) is 0 Å². The lowest BCUT2D eigenvalue weighted by Crippen LogP contribution is -2.22. The van der Waals surface area contributed by atoms with Crippen molar-refractivity contribution in [2.24, 2.45) is 0 Å². The molecule has 0 radical (unpaired) electrons. The maximum absolute atomic E-state index is 5.69. The van der Waals surface area contributed by atoms with Crippen LogP contribution in [0.2, 0.25) is 0 Å². The number of benzene rings is 1. The van der Waals surface area contributed by atoms with Gasteiger partial charge < -0.3 is 16.0 Å². The highest BCUT2D eigenvalue weighted by atomic mass is 15.2. The Morgan fingerprint density at radius 1 is 1.21 bits per heavy atom. The van der Waals surface area contributed by atoms with Gasteiger partial charge in [0.05, 0.1) is 0 Å². The average Bonchev–Trinajstić information content (AvgIpc) is 2.45. The Morgan fingerprint density at radius 2 is 1.95 bits per heavy atom. The van der Waals surface area contributed by atoms with Gasteiger partial charge in [-0.1, -0.05) is 30.3 Å². The van der Waals surface area contributed by atoms with Crippen molar-refractivity contribution >= 4 is 17.6 Å². The van der Waals surface area contributed by atoms with Crippen LogP contribution in [0.3, 0.4) is 0 Å². The zero-order chi connectivity index (χ0) is 13.7. The predicted molar refractivity (Wildman–Crippen MR) is 79.4 cm³/mol. The van der Waals surface area contributed by atoms with E-state index >= 15 is 0 Å². The first-order chi connectivity index (χ1) is 9.19. The largest absolute Gasteiger partial charge is 0.373 e. The zero-order valence-corrected chi connectivity index (χ0v) is 11.3. The Balaban J connectivity index is 2.03. The van der Waals surface area contributed by atoms with Crippen LogP contribution in [0.25, 0.3) is 0 Å². The molecule has 2 aromatic rings. The molecule has 0 spiro atoms. The number of rotatable bonds is 5. The minimum Gasteiger partial charge on any atom is -0.373 e. The zero-order valence-electron chi connectivity index (χ0n) is 11.3. The highest BCUT2D eigenvalue weighted by Gasteiger charge is 2.06. The van der Waals surface area contributed by atoms with Crippen molar-refractivity contribution in [2.45, 2.75) is 6.42 Å². The second kappa shape index (κ2) is 6.04. The van der Waals surface area contributed by atoms with E-state index in [1.165, 1.54) is 5.56 Å². The first kappa shape index (κ1) is 13.1. The number of anilines is 3. The van der Waals surface area contributed by atoms with Gasteiger partial charge in [0.25, 0.3) is 0 Å². The SMILES string of the molecule is CNc1cc(N(C)CCc2ccccc2)nc(N)n1. The molecular weight excluding hydrogens is 238 g/mol. The summed E-state index contributed by atoms with van der Waals surface area (Å²) in [6, 6.07) is 12.3. The molecule has 0 aliphatic rings. The number of aromatic nitrogens is 2. The summed E-state index contributed by atoms with van der Waals surface area (Å²) in [6.45, 7) is 0.879. The Bertz CT molecular complexity index is 527. The number of nitrogens with two attached hydrogens (primary N) is 1. The molecule has 2 rings (SSSR count). The van der Waals surface area contributed by atoms with Gasteiger partial charge in [-0.15, -0.1) is 0 Å². The molecule has 0 unspecified atom stereocenters. The fourth-order valence-electron chi connectivity index (χ4n) is 1.83. The van der Waals surface area contributed by atoms with Crippen molar-refractivity contribution in [3.05, 3.63) is 42.0 Å². The minimum atomic E-state index is 0.286. The van der Waals surface area contributed by atoms with Crippen LogP contribution in [-0.2, 0) is 6.42 Å². The maximum Gasteiger partial charge on any atom is 0.223 e. The third-order valence-electron chi connectivity index (χ3n) is 2.96. The quantitative estimate of drug-likeness (QED) is 0.854. The lowest BCUT2D eigenvalue weighted by molar-refractivity contribution is 0.858. The number of nitrogens with zero attached hydrogens (tertiary/aromatic N) is 3. The molecule has 0 aliphatic heterocycles. The Kier molecular flexibility index (Phi) is 4.18. The molecule has 1 aromatic carbocycles. The van der Waals surface area contributed by atoms with Gasteiger partial charge in [-0.3, -0.25) is 0 Å². The maximum atomic E-state index is 5.69. The van der Waals surface area contributed by atoms with Crippen molar-refractivity contribution in [3.8, 4) is 0 Å². The molecule has 0 fully saturated rings. The van der Waals surface area contributed by atoms with Crippen LogP contribution in [0.15, 0.2) is 36.4 Å². The summed E-state index contributed by atoms with van der Waals surface area (Å²) in [6.07, 6.45) is 0.968. The van der Waals surface area contributed by atoms with Crippen molar-refractivity contribution < 1.29 is 0 Å². The average molecular weight is 257 g/mol. The molecule has 0 bridgehead atoms. The van der Waals surface area contributed by atoms with Crippen molar-refractivity contribution in [1.82, 2.24) is 9.97 Å². The smallest absolute Gasteiger partial charge is 0.223 e. The molecule has 0 amide bonds. The van der Waals surface area contributed by atoms with E-state index in [-0.39, 0.29) is 5.95 Å². The molecule has 1 heterocycles. The number of hydrogen-bond acceptors (Lipinski definition) is 5. The molecule has 19 heavy (non-hydrogen) atoms. The van der Waals surface area contributed by atoms with Gasteiger partial charge in [-0.2, -0.15) is 9.97 Å². The van der Waals surface area contributed by atoms with Gasteiger partial charge in [0.2, 0.25) is 5.95 Å². The van der Waals surface area contributed by atoms with Crippen LogP contribution < -0.4 is 16.0 Å². The first-order valence-corrected chi connectivity index (χ1v) is 6.26. The Labute approximate surface area is 113 Å². The summed E-state index contributed by atoms with van der Waals surface area (Å²) in [5.74, 6) is 1.84. The van der Waals surface area contributed by atoms with Crippen LogP contribution >= 0.6 is 0 Å². The summed E-state index contributed by atoms with van der Waals surface area (Å²) >= 11 is 0. The summed E-state index contributed by atoms with van der Waals surface area (Å²) in [5, 5.41) is 2.98. The van der Waals surface area contributed by atoms with E-state index in [0.29, 0.717) is 0 Å².